The molecule has 0 atom stereocenters. The zero-order chi connectivity index (χ0) is 24.5. The quantitative estimate of drug-likeness (QED) is 0.356. The van der Waals surface area contributed by atoms with Gasteiger partial charge in [-0.05, 0) is 53.6 Å². The lowest BCUT2D eigenvalue weighted by Crippen LogP contribution is -2.57. The number of hydrogen-bond acceptors (Lipinski definition) is 6. The highest BCUT2D eigenvalue weighted by Gasteiger charge is 2.60. The number of carbonyl (C=O) groups is 2. The molecule has 0 N–H and O–H groups in total. The van der Waals surface area contributed by atoms with E-state index >= 15 is 0 Å². The van der Waals surface area contributed by atoms with Gasteiger partial charge in [0.25, 0.3) is 5.91 Å². The van der Waals surface area contributed by atoms with Crippen LogP contribution >= 0.6 is 11.3 Å². The standard InChI is InChI=1S/C28H25N5O2S/c34-25-28(13-17-31(18-14-28)20-24-8-4-19-36-24)33(26-29-15-5-16-30-26)27(35)32(25)23-11-9-22(10-12-23)21-6-2-1-3-7-21/h1-12,15-16,19H,13-14,17-18,20H2. The maximum Gasteiger partial charge on any atom is 0.339 e. The second kappa shape index (κ2) is 9.29. The van der Waals surface area contributed by atoms with Gasteiger partial charge in [0.1, 0.15) is 5.54 Å². The minimum atomic E-state index is -0.998. The molecule has 1 spiro atoms. The summed E-state index contributed by atoms with van der Waals surface area (Å²) in [5, 5.41) is 2.08. The Labute approximate surface area is 213 Å². The fraction of sp³-hybridized carbons (Fsp3) is 0.214. The lowest BCUT2D eigenvalue weighted by Gasteiger charge is -2.41. The first kappa shape index (κ1) is 22.6. The summed E-state index contributed by atoms with van der Waals surface area (Å²) in [5.74, 6) is 0.0640. The van der Waals surface area contributed by atoms with Crippen molar-refractivity contribution < 1.29 is 9.59 Å². The van der Waals surface area contributed by atoms with Gasteiger partial charge in [-0.15, -0.1) is 11.3 Å². The fourth-order valence-corrected chi connectivity index (χ4v) is 5.91. The van der Waals surface area contributed by atoms with Gasteiger partial charge in [0.2, 0.25) is 5.95 Å². The molecule has 6 rings (SSSR count). The molecule has 0 saturated carbocycles. The van der Waals surface area contributed by atoms with E-state index in [4.69, 9.17) is 0 Å². The van der Waals surface area contributed by atoms with E-state index in [1.54, 1.807) is 29.8 Å². The van der Waals surface area contributed by atoms with Crippen molar-refractivity contribution in [3.05, 3.63) is 95.4 Å². The zero-order valence-corrected chi connectivity index (χ0v) is 20.5. The molecule has 4 heterocycles. The number of anilines is 2. The number of aromatic nitrogens is 2. The lowest BCUT2D eigenvalue weighted by atomic mass is 9.86. The van der Waals surface area contributed by atoms with Crippen LogP contribution in [0.15, 0.2) is 90.6 Å². The van der Waals surface area contributed by atoms with Gasteiger partial charge >= 0.3 is 6.03 Å². The molecule has 4 aromatic rings. The second-order valence-electron chi connectivity index (χ2n) is 9.11. The number of carbonyl (C=O) groups excluding carboxylic acids is 2. The SMILES string of the molecule is O=C1N(c2ccc(-c3ccccc3)cc2)C(=O)C2(CCN(Cc3cccs3)CC2)N1c1ncccn1. The van der Waals surface area contributed by atoms with Gasteiger partial charge in [-0.1, -0.05) is 48.5 Å². The molecule has 8 heteroatoms. The van der Waals surface area contributed by atoms with Gasteiger partial charge in [-0.3, -0.25) is 9.69 Å². The van der Waals surface area contributed by atoms with Crippen molar-refractivity contribution in [2.45, 2.75) is 24.9 Å². The number of benzene rings is 2. The van der Waals surface area contributed by atoms with Crippen LogP contribution in [0.25, 0.3) is 11.1 Å². The highest BCUT2D eigenvalue weighted by molar-refractivity contribution is 7.09. The predicted molar refractivity (Wildman–Crippen MR) is 141 cm³/mol. The van der Waals surface area contributed by atoms with Crippen molar-refractivity contribution in [1.29, 1.82) is 0 Å². The Bertz CT molecular complexity index is 1350. The van der Waals surface area contributed by atoms with E-state index in [-0.39, 0.29) is 11.9 Å². The molecule has 0 unspecified atom stereocenters. The van der Waals surface area contributed by atoms with Crippen LogP contribution in [0.4, 0.5) is 16.4 Å². The van der Waals surface area contributed by atoms with E-state index in [9.17, 15) is 9.59 Å². The van der Waals surface area contributed by atoms with E-state index in [2.05, 4.69) is 32.4 Å². The van der Waals surface area contributed by atoms with Crippen LogP contribution in [0.5, 0.6) is 0 Å². The van der Waals surface area contributed by atoms with E-state index in [1.165, 1.54) is 14.7 Å². The average Bonchev–Trinajstić information content (AvgIpc) is 3.51. The molecule has 3 amide bonds. The molecule has 2 aromatic carbocycles. The fourth-order valence-electron chi connectivity index (χ4n) is 5.16. The lowest BCUT2D eigenvalue weighted by molar-refractivity contribution is -0.123. The molecule has 2 saturated heterocycles. The molecule has 7 nitrogen and oxygen atoms in total. The summed E-state index contributed by atoms with van der Waals surface area (Å²) >= 11 is 1.73. The summed E-state index contributed by atoms with van der Waals surface area (Å²) in [4.78, 5) is 43.1. The third kappa shape index (κ3) is 3.88. The Balaban J connectivity index is 1.32. The van der Waals surface area contributed by atoms with Crippen LogP contribution in [0.1, 0.15) is 17.7 Å². The molecule has 2 aliphatic rings. The molecule has 2 aliphatic heterocycles. The highest BCUT2D eigenvalue weighted by Crippen LogP contribution is 2.41. The number of amides is 3. The summed E-state index contributed by atoms with van der Waals surface area (Å²) in [6.07, 6.45) is 4.27. The number of rotatable bonds is 5. The Morgan fingerprint density at radius 1 is 0.806 bits per heavy atom. The number of hydrogen-bond donors (Lipinski definition) is 0. The van der Waals surface area contributed by atoms with Crippen molar-refractivity contribution in [3.63, 3.8) is 0 Å². The first-order chi connectivity index (χ1) is 17.7. The van der Waals surface area contributed by atoms with Crippen LogP contribution in [-0.4, -0.2) is 45.4 Å². The number of piperidine rings is 1. The second-order valence-corrected chi connectivity index (χ2v) is 10.1. The minimum Gasteiger partial charge on any atom is -0.298 e. The van der Waals surface area contributed by atoms with Gasteiger partial charge in [-0.2, -0.15) is 0 Å². The normalized spacial score (nSPS) is 17.8. The molecule has 0 bridgehead atoms. The number of likely N-dealkylation sites (tertiary alicyclic amines) is 1. The zero-order valence-electron chi connectivity index (χ0n) is 19.7. The van der Waals surface area contributed by atoms with Crippen LogP contribution < -0.4 is 9.80 Å². The largest absolute Gasteiger partial charge is 0.339 e. The van der Waals surface area contributed by atoms with Crippen LogP contribution in [0.2, 0.25) is 0 Å². The van der Waals surface area contributed by atoms with E-state index < -0.39 is 11.6 Å². The van der Waals surface area contributed by atoms with Crippen molar-refractivity contribution >= 4 is 34.9 Å². The van der Waals surface area contributed by atoms with Gasteiger partial charge in [0.15, 0.2) is 0 Å². The smallest absolute Gasteiger partial charge is 0.298 e. The summed E-state index contributed by atoms with van der Waals surface area (Å²) in [7, 11) is 0. The van der Waals surface area contributed by atoms with Crippen LogP contribution in [0, 0.1) is 0 Å². The molecule has 180 valence electrons. The monoisotopic (exact) mass is 495 g/mol. The molecular formula is C28H25N5O2S. The third-order valence-corrected chi connectivity index (χ3v) is 7.90. The first-order valence-electron chi connectivity index (χ1n) is 12.0. The Kier molecular flexibility index (Phi) is 5.83. The Hall–Kier alpha value is -3.88. The number of urea groups is 1. The third-order valence-electron chi connectivity index (χ3n) is 7.04. The molecule has 0 radical (unpaired) electrons. The average molecular weight is 496 g/mol. The van der Waals surface area contributed by atoms with Gasteiger partial charge < -0.3 is 0 Å². The first-order valence-corrected chi connectivity index (χ1v) is 12.9. The maximum absolute atomic E-state index is 14.0. The summed E-state index contributed by atoms with van der Waals surface area (Å²) < 4.78 is 0. The summed E-state index contributed by atoms with van der Waals surface area (Å²) in [6.45, 7) is 2.27. The molecular weight excluding hydrogens is 470 g/mol. The van der Waals surface area contributed by atoms with Crippen molar-refractivity contribution in [2.75, 3.05) is 22.9 Å². The summed E-state index contributed by atoms with van der Waals surface area (Å²) in [5.41, 5.74) is 1.67. The van der Waals surface area contributed by atoms with Gasteiger partial charge in [0, 0.05) is 36.9 Å². The molecule has 2 fully saturated rings. The number of thiophene rings is 1. The van der Waals surface area contributed by atoms with E-state index in [0.29, 0.717) is 31.6 Å². The topological polar surface area (TPSA) is 69.6 Å². The highest BCUT2D eigenvalue weighted by atomic mass is 32.1. The number of nitrogens with zero attached hydrogens (tertiary/aromatic N) is 5. The maximum atomic E-state index is 14.0. The van der Waals surface area contributed by atoms with Crippen LogP contribution in [0.3, 0.4) is 0 Å². The number of imide groups is 1. The summed E-state index contributed by atoms with van der Waals surface area (Å²) in [6, 6.07) is 23.1. The predicted octanol–water partition coefficient (Wildman–Crippen LogP) is 5.21. The van der Waals surface area contributed by atoms with Crippen molar-refractivity contribution in [3.8, 4) is 11.1 Å². The van der Waals surface area contributed by atoms with E-state index in [0.717, 1.165) is 17.7 Å². The molecule has 0 aliphatic carbocycles. The van der Waals surface area contributed by atoms with Gasteiger partial charge in [-0.25, -0.2) is 24.6 Å². The Morgan fingerprint density at radius 3 is 2.17 bits per heavy atom. The van der Waals surface area contributed by atoms with Crippen molar-refractivity contribution in [1.82, 2.24) is 14.9 Å². The Morgan fingerprint density at radius 2 is 1.50 bits per heavy atom. The van der Waals surface area contributed by atoms with E-state index in [1.807, 2.05) is 54.6 Å². The van der Waals surface area contributed by atoms with Crippen molar-refractivity contribution in [2.24, 2.45) is 0 Å². The minimum absolute atomic E-state index is 0.205. The molecule has 36 heavy (non-hydrogen) atoms. The molecule has 2 aromatic heterocycles. The van der Waals surface area contributed by atoms with Crippen LogP contribution in [-0.2, 0) is 11.3 Å². The van der Waals surface area contributed by atoms with Gasteiger partial charge in [0.05, 0.1) is 5.69 Å².